The Bertz CT molecular complexity index is 1060. The molecule has 1 aliphatic heterocycles. The molecular formula is C25H29N5O2. The van der Waals surface area contributed by atoms with E-state index in [0.717, 1.165) is 36.1 Å². The number of aromatic nitrogens is 2. The van der Waals surface area contributed by atoms with Gasteiger partial charge in [-0.15, -0.1) is 0 Å². The molecule has 1 amide bonds. The molecule has 1 atom stereocenters. The van der Waals surface area contributed by atoms with Crippen LogP contribution in [0.25, 0.3) is 0 Å². The van der Waals surface area contributed by atoms with Crippen LogP contribution >= 0.6 is 0 Å². The Balaban J connectivity index is 1.57. The van der Waals surface area contributed by atoms with Gasteiger partial charge in [-0.3, -0.25) is 9.69 Å². The first kappa shape index (κ1) is 21.8. The Labute approximate surface area is 188 Å². The molecule has 2 heterocycles. The number of hydrogen-bond acceptors (Lipinski definition) is 6. The summed E-state index contributed by atoms with van der Waals surface area (Å²) in [6, 6.07) is 17.5. The fourth-order valence-corrected chi connectivity index (χ4v) is 3.80. The van der Waals surface area contributed by atoms with Gasteiger partial charge in [0.15, 0.2) is 0 Å². The molecule has 3 aromatic rings. The van der Waals surface area contributed by atoms with Crippen LogP contribution in [0.5, 0.6) is 5.75 Å². The fourth-order valence-electron chi connectivity index (χ4n) is 3.80. The molecule has 0 fully saturated rings. The Morgan fingerprint density at radius 2 is 2.03 bits per heavy atom. The molecule has 166 valence electrons. The van der Waals surface area contributed by atoms with Crippen LogP contribution in [-0.4, -0.2) is 35.6 Å². The van der Waals surface area contributed by atoms with Crippen molar-refractivity contribution in [2.24, 2.45) is 5.73 Å². The van der Waals surface area contributed by atoms with Gasteiger partial charge in [0, 0.05) is 24.7 Å². The Morgan fingerprint density at radius 1 is 1.19 bits per heavy atom. The monoisotopic (exact) mass is 431 g/mol. The molecule has 0 unspecified atom stereocenters. The van der Waals surface area contributed by atoms with Gasteiger partial charge in [0.1, 0.15) is 11.6 Å². The van der Waals surface area contributed by atoms with E-state index >= 15 is 0 Å². The first-order valence-corrected chi connectivity index (χ1v) is 11.1. The van der Waals surface area contributed by atoms with Crippen molar-refractivity contribution in [1.29, 1.82) is 0 Å². The van der Waals surface area contributed by atoms with Crippen LogP contribution in [0.3, 0.4) is 0 Å². The molecule has 0 bridgehead atoms. The lowest BCUT2D eigenvalue weighted by molar-refractivity contribution is 0.0985. The van der Waals surface area contributed by atoms with Crippen LogP contribution in [0, 0.1) is 0 Å². The molecule has 32 heavy (non-hydrogen) atoms. The number of carbonyl (C=O) groups excluding carboxylic acids is 1. The molecule has 0 saturated carbocycles. The maximum atomic E-state index is 13.5. The molecule has 2 aromatic carbocycles. The van der Waals surface area contributed by atoms with Crippen LogP contribution in [0.4, 0.5) is 11.8 Å². The summed E-state index contributed by atoms with van der Waals surface area (Å²) in [4.78, 5) is 24.2. The quantitative estimate of drug-likeness (QED) is 0.498. The number of nitrogens with two attached hydrogens (primary N) is 1. The van der Waals surface area contributed by atoms with E-state index in [2.05, 4.69) is 34.3 Å². The van der Waals surface area contributed by atoms with E-state index in [1.54, 1.807) is 17.2 Å². The number of carbonyl (C=O) groups is 1. The molecule has 0 aliphatic carbocycles. The minimum Gasteiger partial charge on any atom is -0.493 e. The van der Waals surface area contributed by atoms with E-state index < -0.39 is 0 Å². The highest BCUT2D eigenvalue weighted by molar-refractivity contribution is 6.05. The average molecular weight is 432 g/mol. The van der Waals surface area contributed by atoms with Crippen molar-refractivity contribution < 1.29 is 9.53 Å². The third-order valence-electron chi connectivity index (χ3n) is 5.58. The van der Waals surface area contributed by atoms with Gasteiger partial charge in [-0.25, -0.2) is 4.98 Å². The summed E-state index contributed by atoms with van der Waals surface area (Å²) in [5.41, 5.74) is 8.52. The summed E-state index contributed by atoms with van der Waals surface area (Å²) in [5.74, 6) is 1.83. The lowest BCUT2D eigenvalue weighted by Crippen LogP contribution is -2.33. The average Bonchev–Trinajstić information content (AvgIpc) is 3.30. The third-order valence-corrected chi connectivity index (χ3v) is 5.58. The van der Waals surface area contributed by atoms with Gasteiger partial charge in [-0.05, 0) is 61.7 Å². The van der Waals surface area contributed by atoms with Gasteiger partial charge in [0.25, 0.3) is 5.91 Å². The molecule has 1 aromatic heterocycles. The Kier molecular flexibility index (Phi) is 6.97. The summed E-state index contributed by atoms with van der Waals surface area (Å²) < 4.78 is 5.58. The smallest absolute Gasteiger partial charge is 0.259 e. The molecule has 3 N–H and O–H groups in total. The minimum atomic E-state index is -0.0857. The predicted octanol–water partition coefficient (Wildman–Crippen LogP) is 3.97. The van der Waals surface area contributed by atoms with E-state index in [9.17, 15) is 4.79 Å². The number of rotatable bonds is 9. The van der Waals surface area contributed by atoms with Crippen molar-refractivity contribution in [3.8, 4) is 5.75 Å². The maximum Gasteiger partial charge on any atom is 0.259 e. The SMILES string of the molecule is C[C@H](Nc1nccc(N(CCCCN)C(=O)c2ccc3c(c2)CCO3)n1)c1ccccc1. The number of nitrogens with one attached hydrogen (secondary N) is 1. The first-order chi connectivity index (χ1) is 15.7. The van der Waals surface area contributed by atoms with Crippen molar-refractivity contribution in [2.45, 2.75) is 32.2 Å². The van der Waals surface area contributed by atoms with Gasteiger partial charge < -0.3 is 15.8 Å². The second-order valence-corrected chi connectivity index (χ2v) is 7.89. The lowest BCUT2D eigenvalue weighted by atomic mass is 10.1. The van der Waals surface area contributed by atoms with Crippen LogP contribution in [0.2, 0.25) is 0 Å². The molecule has 0 saturated heterocycles. The van der Waals surface area contributed by atoms with Crippen LogP contribution in [0.15, 0.2) is 60.8 Å². The summed E-state index contributed by atoms with van der Waals surface area (Å²) in [6.07, 6.45) is 4.14. The standard InChI is InChI=1S/C25H29N5O2/c1-18(19-7-3-2-4-8-19)28-25-27-14-11-23(29-25)30(15-6-5-13-26)24(31)21-9-10-22-20(17-21)12-16-32-22/h2-4,7-11,14,17-18H,5-6,12-13,15-16,26H2,1H3,(H,27,28,29)/t18-/m0/s1. The molecule has 4 rings (SSSR count). The van der Waals surface area contributed by atoms with Crippen LogP contribution < -0.4 is 20.7 Å². The van der Waals surface area contributed by atoms with Gasteiger partial charge in [0.05, 0.1) is 12.6 Å². The highest BCUT2D eigenvalue weighted by atomic mass is 16.5. The number of unbranched alkanes of at least 4 members (excludes halogenated alkanes) is 1. The van der Waals surface area contributed by atoms with Crippen molar-refractivity contribution >= 4 is 17.7 Å². The van der Waals surface area contributed by atoms with E-state index in [4.69, 9.17) is 10.5 Å². The zero-order valence-corrected chi connectivity index (χ0v) is 18.3. The number of ether oxygens (including phenoxy) is 1. The van der Waals surface area contributed by atoms with Gasteiger partial charge in [-0.2, -0.15) is 4.98 Å². The second-order valence-electron chi connectivity index (χ2n) is 7.89. The summed E-state index contributed by atoms with van der Waals surface area (Å²) in [5, 5.41) is 3.34. The minimum absolute atomic E-state index is 0.0320. The topological polar surface area (TPSA) is 93.4 Å². The number of hydrogen-bond donors (Lipinski definition) is 2. The molecule has 1 aliphatic rings. The van der Waals surface area contributed by atoms with E-state index in [0.29, 0.717) is 37.0 Å². The predicted molar refractivity (Wildman–Crippen MR) is 126 cm³/mol. The normalized spacial score (nSPS) is 13.2. The number of fused-ring (bicyclic) bond motifs is 1. The van der Waals surface area contributed by atoms with Gasteiger partial charge >= 0.3 is 0 Å². The molecular weight excluding hydrogens is 402 g/mol. The largest absolute Gasteiger partial charge is 0.493 e. The highest BCUT2D eigenvalue weighted by Crippen LogP contribution is 2.27. The van der Waals surface area contributed by atoms with Gasteiger partial charge in [0.2, 0.25) is 5.95 Å². The molecule has 7 nitrogen and oxygen atoms in total. The van der Waals surface area contributed by atoms with Gasteiger partial charge in [-0.1, -0.05) is 30.3 Å². The van der Waals surface area contributed by atoms with E-state index in [1.165, 1.54) is 0 Å². The van der Waals surface area contributed by atoms with Crippen LogP contribution in [0.1, 0.15) is 47.3 Å². The third kappa shape index (κ3) is 5.06. The maximum absolute atomic E-state index is 13.5. The number of amides is 1. The van der Waals surface area contributed by atoms with Crippen molar-refractivity contribution in [2.75, 3.05) is 29.9 Å². The Morgan fingerprint density at radius 3 is 2.84 bits per heavy atom. The summed E-state index contributed by atoms with van der Waals surface area (Å²) in [6.45, 7) is 3.84. The van der Waals surface area contributed by atoms with Crippen LogP contribution in [-0.2, 0) is 6.42 Å². The molecule has 0 radical (unpaired) electrons. The number of nitrogens with zero attached hydrogens (tertiary/aromatic N) is 3. The second kappa shape index (κ2) is 10.2. The number of benzene rings is 2. The van der Waals surface area contributed by atoms with E-state index in [-0.39, 0.29) is 11.9 Å². The number of anilines is 2. The zero-order chi connectivity index (χ0) is 22.3. The molecule has 7 heteroatoms. The Hall–Kier alpha value is -3.45. The van der Waals surface area contributed by atoms with Crippen molar-refractivity contribution in [3.05, 3.63) is 77.5 Å². The zero-order valence-electron chi connectivity index (χ0n) is 18.3. The van der Waals surface area contributed by atoms with Crippen molar-refractivity contribution in [3.63, 3.8) is 0 Å². The molecule has 0 spiro atoms. The first-order valence-electron chi connectivity index (χ1n) is 11.1. The summed E-state index contributed by atoms with van der Waals surface area (Å²) >= 11 is 0. The summed E-state index contributed by atoms with van der Waals surface area (Å²) in [7, 11) is 0. The highest BCUT2D eigenvalue weighted by Gasteiger charge is 2.22. The van der Waals surface area contributed by atoms with Crippen molar-refractivity contribution in [1.82, 2.24) is 9.97 Å². The lowest BCUT2D eigenvalue weighted by Gasteiger charge is -2.23. The fraction of sp³-hybridized carbons (Fsp3) is 0.320. The van der Waals surface area contributed by atoms with E-state index in [1.807, 2.05) is 36.4 Å².